The number of aliphatic hydroxyl groups excluding tert-OH is 1. The lowest BCUT2D eigenvalue weighted by molar-refractivity contribution is 0.0867. The van der Waals surface area contributed by atoms with Gasteiger partial charge in [0.1, 0.15) is 21.7 Å². The number of benzene rings is 1. The molecule has 0 atom stereocenters. The minimum absolute atomic E-state index is 0.0284. The van der Waals surface area contributed by atoms with Crippen molar-refractivity contribution in [2.24, 2.45) is 0 Å². The van der Waals surface area contributed by atoms with Gasteiger partial charge in [-0.25, -0.2) is 13.4 Å². The second-order valence-corrected chi connectivity index (χ2v) is 9.17. The first-order valence-corrected chi connectivity index (χ1v) is 11.4. The Balaban J connectivity index is 2.04. The van der Waals surface area contributed by atoms with E-state index in [2.05, 4.69) is 4.98 Å². The third kappa shape index (κ3) is 3.83. The lowest BCUT2D eigenvalue weighted by Gasteiger charge is -2.15. The fourth-order valence-electron chi connectivity index (χ4n) is 3.49. The summed E-state index contributed by atoms with van der Waals surface area (Å²) in [6.07, 6.45) is 1.64. The molecule has 9 nitrogen and oxygen atoms in total. The highest BCUT2D eigenvalue weighted by Crippen LogP contribution is 2.20. The summed E-state index contributed by atoms with van der Waals surface area (Å²) >= 11 is 0. The van der Waals surface area contributed by atoms with Crippen LogP contribution in [0.5, 0.6) is 0 Å². The van der Waals surface area contributed by atoms with Crippen LogP contribution < -0.4 is 11.0 Å². The van der Waals surface area contributed by atoms with Crippen molar-refractivity contribution in [1.82, 2.24) is 14.0 Å². The summed E-state index contributed by atoms with van der Waals surface area (Å²) in [6.45, 7) is 1.97. The highest BCUT2D eigenvalue weighted by Gasteiger charge is 2.24. The number of fused-ring (bicyclic) bond motifs is 2. The highest BCUT2D eigenvalue weighted by atomic mass is 32.2. The summed E-state index contributed by atoms with van der Waals surface area (Å²) in [5.74, 6) is 0. The van der Waals surface area contributed by atoms with E-state index in [0.717, 1.165) is 5.56 Å². The van der Waals surface area contributed by atoms with Gasteiger partial charge in [0.05, 0.1) is 30.1 Å². The molecule has 0 spiro atoms. The SMILES string of the molecule is Cc1ccc2nc3c(cc(S(=O)(=O)c4ccccc4)c(=N)n3CCOCCO)c(=O)n2c1. The zero-order chi connectivity index (χ0) is 22.9. The summed E-state index contributed by atoms with van der Waals surface area (Å²) in [7, 11) is -4.06. The quantitative estimate of drug-likeness (QED) is 0.320. The van der Waals surface area contributed by atoms with E-state index in [-0.39, 0.29) is 52.7 Å². The second kappa shape index (κ2) is 8.65. The standard InChI is InChI=1S/C22H22N4O5S/c1-15-7-8-19-24-21-17(22(28)26(19)14-15)13-18(20(23)25(21)9-11-31-12-10-27)32(29,30)16-5-3-2-4-6-16/h2-8,13-14,23,27H,9-12H2,1H3. The van der Waals surface area contributed by atoms with Crippen molar-refractivity contribution in [2.75, 3.05) is 19.8 Å². The van der Waals surface area contributed by atoms with Crippen molar-refractivity contribution < 1.29 is 18.3 Å². The van der Waals surface area contributed by atoms with Crippen LogP contribution in [0.4, 0.5) is 0 Å². The normalized spacial score (nSPS) is 11.9. The van der Waals surface area contributed by atoms with Gasteiger partial charge in [-0.2, -0.15) is 0 Å². The van der Waals surface area contributed by atoms with Crippen molar-refractivity contribution in [1.29, 1.82) is 5.41 Å². The summed E-state index contributed by atoms with van der Waals surface area (Å²) in [5.41, 5.74) is 0.709. The summed E-state index contributed by atoms with van der Waals surface area (Å²) < 4.78 is 34.7. The molecule has 0 aliphatic rings. The van der Waals surface area contributed by atoms with E-state index in [1.54, 1.807) is 30.5 Å². The Hall–Kier alpha value is -3.34. The van der Waals surface area contributed by atoms with Gasteiger partial charge >= 0.3 is 0 Å². The molecule has 0 aliphatic carbocycles. The summed E-state index contributed by atoms with van der Waals surface area (Å²) in [5, 5.41) is 17.7. The lowest BCUT2D eigenvalue weighted by Crippen LogP contribution is -2.31. The van der Waals surface area contributed by atoms with Gasteiger partial charge in [-0.15, -0.1) is 0 Å². The number of nitrogens with one attached hydrogen (secondary N) is 1. The van der Waals surface area contributed by atoms with Crippen molar-refractivity contribution >= 4 is 26.5 Å². The molecule has 0 unspecified atom stereocenters. The minimum Gasteiger partial charge on any atom is -0.394 e. The van der Waals surface area contributed by atoms with Crippen LogP contribution >= 0.6 is 0 Å². The smallest absolute Gasteiger partial charge is 0.267 e. The van der Waals surface area contributed by atoms with Crippen LogP contribution in [0.1, 0.15) is 5.56 Å². The fourth-order valence-corrected chi connectivity index (χ4v) is 4.90. The predicted molar refractivity (Wildman–Crippen MR) is 117 cm³/mol. The van der Waals surface area contributed by atoms with Crippen molar-refractivity contribution in [3.8, 4) is 0 Å². The third-order valence-corrected chi connectivity index (χ3v) is 6.84. The fraction of sp³-hybridized carbons (Fsp3) is 0.227. The molecule has 166 valence electrons. The molecule has 0 aliphatic heterocycles. The monoisotopic (exact) mass is 454 g/mol. The molecule has 3 aromatic heterocycles. The number of hydrogen-bond donors (Lipinski definition) is 2. The number of aliphatic hydroxyl groups is 1. The maximum Gasteiger partial charge on any atom is 0.267 e. The third-order valence-electron chi connectivity index (χ3n) is 5.06. The first-order valence-electron chi connectivity index (χ1n) is 9.94. The molecule has 0 saturated heterocycles. The van der Waals surface area contributed by atoms with E-state index in [9.17, 15) is 13.2 Å². The zero-order valence-corrected chi connectivity index (χ0v) is 18.2. The van der Waals surface area contributed by atoms with Gasteiger partial charge in [0.2, 0.25) is 9.84 Å². The topological polar surface area (TPSA) is 127 Å². The molecule has 0 saturated carbocycles. The molecule has 4 aromatic rings. The van der Waals surface area contributed by atoms with Crippen LogP contribution in [0.2, 0.25) is 0 Å². The molecule has 32 heavy (non-hydrogen) atoms. The van der Waals surface area contributed by atoms with Crippen molar-refractivity contribution in [3.63, 3.8) is 0 Å². The van der Waals surface area contributed by atoms with Gasteiger partial charge in [0.15, 0.2) is 0 Å². The molecule has 4 rings (SSSR count). The molecule has 2 N–H and O–H groups in total. The molecule has 0 radical (unpaired) electrons. The number of pyridine rings is 2. The number of hydrogen-bond acceptors (Lipinski definition) is 7. The zero-order valence-electron chi connectivity index (χ0n) is 17.4. The minimum atomic E-state index is -4.06. The number of aryl methyl sites for hydroxylation is 1. The molecule has 0 fully saturated rings. The molecule has 0 bridgehead atoms. The maximum atomic E-state index is 13.3. The van der Waals surface area contributed by atoms with Crippen LogP contribution in [-0.2, 0) is 21.1 Å². The Morgan fingerprint density at radius 2 is 1.88 bits per heavy atom. The summed E-state index contributed by atoms with van der Waals surface area (Å²) in [4.78, 5) is 17.6. The van der Waals surface area contributed by atoms with Crippen molar-refractivity contribution in [3.05, 3.63) is 76.1 Å². The van der Waals surface area contributed by atoms with Crippen molar-refractivity contribution in [2.45, 2.75) is 23.3 Å². The van der Waals surface area contributed by atoms with Gasteiger partial charge in [-0.1, -0.05) is 24.3 Å². The molecule has 0 amide bonds. The van der Waals surface area contributed by atoms with Crippen LogP contribution in [0, 0.1) is 12.3 Å². The molecular weight excluding hydrogens is 432 g/mol. The lowest BCUT2D eigenvalue weighted by atomic mass is 10.2. The van der Waals surface area contributed by atoms with E-state index in [4.69, 9.17) is 15.3 Å². The Labute approximate surface area is 183 Å². The number of aromatic nitrogens is 3. The average Bonchev–Trinajstić information content (AvgIpc) is 2.79. The van der Waals surface area contributed by atoms with Gasteiger partial charge < -0.3 is 14.4 Å². The Bertz CT molecular complexity index is 1530. The van der Waals surface area contributed by atoms with Crippen LogP contribution in [0.3, 0.4) is 0 Å². The average molecular weight is 455 g/mol. The van der Waals surface area contributed by atoms with Crippen LogP contribution in [-0.4, -0.2) is 47.3 Å². The van der Waals surface area contributed by atoms with E-state index in [1.807, 2.05) is 13.0 Å². The highest BCUT2D eigenvalue weighted by molar-refractivity contribution is 7.91. The number of rotatable bonds is 7. The Morgan fingerprint density at radius 3 is 2.59 bits per heavy atom. The predicted octanol–water partition coefficient (Wildman–Crippen LogP) is 1.28. The first-order chi connectivity index (χ1) is 15.3. The van der Waals surface area contributed by atoms with E-state index in [0.29, 0.717) is 5.65 Å². The molecule has 1 aromatic carbocycles. The van der Waals surface area contributed by atoms with E-state index >= 15 is 0 Å². The Kier molecular flexibility index (Phi) is 5.92. The van der Waals surface area contributed by atoms with Crippen LogP contribution in [0.15, 0.2) is 69.3 Å². The Morgan fingerprint density at radius 1 is 1.12 bits per heavy atom. The molecule has 10 heteroatoms. The summed E-state index contributed by atoms with van der Waals surface area (Å²) in [6, 6.07) is 12.5. The van der Waals surface area contributed by atoms with Gasteiger partial charge in [0, 0.05) is 12.7 Å². The maximum absolute atomic E-state index is 13.3. The molecule has 3 heterocycles. The number of ether oxygens (including phenoxy) is 1. The molecular formula is C22H22N4O5S. The number of sulfone groups is 1. The largest absolute Gasteiger partial charge is 0.394 e. The van der Waals surface area contributed by atoms with Gasteiger partial charge in [-0.05, 0) is 36.8 Å². The number of nitrogens with zero attached hydrogens (tertiary/aromatic N) is 3. The van der Waals surface area contributed by atoms with E-state index in [1.165, 1.54) is 27.2 Å². The van der Waals surface area contributed by atoms with Gasteiger partial charge in [-0.3, -0.25) is 14.6 Å². The first kappa shape index (κ1) is 21.9. The van der Waals surface area contributed by atoms with Gasteiger partial charge in [0.25, 0.3) is 5.56 Å². The van der Waals surface area contributed by atoms with E-state index < -0.39 is 15.4 Å². The van der Waals surface area contributed by atoms with Crippen LogP contribution in [0.25, 0.3) is 16.7 Å². The second-order valence-electron chi connectivity index (χ2n) is 7.25.